The van der Waals surface area contributed by atoms with Crippen LogP contribution in [-0.4, -0.2) is 36.5 Å². The van der Waals surface area contributed by atoms with E-state index in [-0.39, 0.29) is 19.0 Å². The Labute approximate surface area is 104 Å². The van der Waals surface area contributed by atoms with Crippen LogP contribution in [0.15, 0.2) is 24.3 Å². The van der Waals surface area contributed by atoms with Crippen LogP contribution < -0.4 is 5.32 Å². The van der Waals surface area contributed by atoms with Crippen LogP contribution in [0.2, 0.25) is 0 Å². The van der Waals surface area contributed by atoms with E-state index in [1.165, 1.54) is 7.11 Å². The monoisotopic (exact) mass is 248 g/mol. The first kappa shape index (κ1) is 12.1. The minimum absolute atomic E-state index is 0.0408. The average Bonchev–Trinajstić information content (AvgIpc) is 2.70. The number of carbonyl (C=O) groups is 3. The van der Waals surface area contributed by atoms with Crippen LogP contribution in [0.4, 0.5) is 4.79 Å². The van der Waals surface area contributed by atoms with Crippen molar-refractivity contribution in [3.63, 3.8) is 0 Å². The number of rotatable bonds is 3. The number of ether oxygens (including phenoxy) is 1. The molecule has 0 radical (unpaired) electrons. The number of methoxy groups -OCH3 is 1. The lowest BCUT2D eigenvalue weighted by Crippen LogP contribution is -2.30. The number of nitrogens with zero attached hydrogens (tertiary/aromatic N) is 1. The number of hydrogen-bond donors (Lipinski definition) is 1. The molecule has 18 heavy (non-hydrogen) atoms. The Balaban J connectivity index is 2.09. The number of urea groups is 1. The van der Waals surface area contributed by atoms with Crippen LogP contribution in [0, 0.1) is 0 Å². The molecule has 0 atom stereocenters. The molecule has 1 saturated heterocycles. The fourth-order valence-corrected chi connectivity index (χ4v) is 1.66. The maximum atomic E-state index is 11.4. The Morgan fingerprint density at radius 3 is 2.50 bits per heavy atom. The number of amides is 3. The second-order valence-electron chi connectivity index (χ2n) is 3.83. The number of carbonyl (C=O) groups excluding carboxylic acids is 3. The van der Waals surface area contributed by atoms with Crippen molar-refractivity contribution in [2.75, 3.05) is 13.7 Å². The van der Waals surface area contributed by atoms with E-state index in [4.69, 9.17) is 0 Å². The summed E-state index contributed by atoms with van der Waals surface area (Å²) >= 11 is 0. The van der Waals surface area contributed by atoms with Gasteiger partial charge < -0.3 is 10.1 Å². The van der Waals surface area contributed by atoms with Gasteiger partial charge in [-0.05, 0) is 17.7 Å². The predicted octanol–water partition coefficient (Wildman–Crippen LogP) is 0.525. The molecule has 3 amide bonds. The van der Waals surface area contributed by atoms with Crippen molar-refractivity contribution in [1.82, 2.24) is 10.2 Å². The third-order valence-electron chi connectivity index (χ3n) is 2.65. The van der Waals surface area contributed by atoms with E-state index in [1.807, 2.05) is 0 Å². The van der Waals surface area contributed by atoms with Gasteiger partial charge in [0.15, 0.2) is 0 Å². The summed E-state index contributed by atoms with van der Waals surface area (Å²) in [5, 5.41) is 2.44. The van der Waals surface area contributed by atoms with Crippen LogP contribution >= 0.6 is 0 Å². The minimum atomic E-state index is -0.420. The lowest BCUT2D eigenvalue weighted by molar-refractivity contribution is -0.125. The largest absolute Gasteiger partial charge is 0.465 e. The van der Waals surface area contributed by atoms with Gasteiger partial charge in [0.05, 0.1) is 25.8 Å². The molecular formula is C12H12N2O4. The lowest BCUT2D eigenvalue weighted by atomic mass is 10.1. The molecule has 0 aliphatic carbocycles. The molecule has 6 heteroatoms. The average molecular weight is 248 g/mol. The van der Waals surface area contributed by atoms with Crippen LogP contribution in [0.5, 0.6) is 0 Å². The first-order valence-corrected chi connectivity index (χ1v) is 5.37. The topological polar surface area (TPSA) is 75.7 Å². The molecule has 1 heterocycles. The van der Waals surface area contributed by atoms with E-state index in [9.17, 15) is 14.4 Å². The van der Waals surface area contributed by atoms with Gasteiger partial charge in [-0.2, -0.15) is 0 Å². The molecule has 0 aromatic heterocycles. The van der Waals surface area contributed by atoms with Crippen molar-refractivity contribution in [3.8, 4) is 0 Å². The zero-order chi connectivity index (χ0) is 13.1. The highest BCUT2D eigenvalue weighted by atomic mass is 16.5. The molecule has 94 valence electrons. The van der Waals surface area contributed by atoms with Crippen molar-refractivity contribution in [3.05, 3.63) is 35.4 Å². The number of imide groups is 1. The van der Waals surface area contributed by atoms with Crippen molar-refractivity contribution >= 4 is 17.9 Å². The highest BCUT2D eigenvalue weighted by Gasteiger charge is 2.28. The van der Waals surface area contributed by atoms with Gasteiger partial charge in [0.25, 0.3) is 0 Å². The summed E-state index contributed by atoms with van der Waals surface area (Å²) in [6.45, 7) is 0.241. The van der Waals surface area contributed by atoms with Crippen LogP contribution in [0.1, 0.15) is 15.9 Å². The molecule has 0 spiro atoms. The maximum Gasteiger partial charge on any atom is 0.337 e. The standard InChI is InChI=1S/C12H12N2O4/c1-18-11(16)9-4-2-8(3-5-9)7-14-10(15)6-13-12(14)17/h2-5H,6-7H2,1H3,(H,13,17). The highest BCUT2D eigenvalue weighted by molar-refractivity contribution is 6.01. The molecule has 1 fully saturated rings. The Kier molecular flexibility index (Phi) is 3.27. The molecule has 1 aliphatic rings. The van der Waals surface area contributed by atoms with E-state index < -0.39 is 12.0 Å². The first-order chi connectivity index (χ1) is 8.61. The van der Waals surface area contributed by atoms with Gasteiger partial charge in [0.1, 0.15) is 0 Å². The SMILES string of the molecule is COC(=O)c1ccc(CN2C(=O)CNC2=O)cc1. The quantitative estimate of drug-likeness (QED) is 0.625. The summed E-state index contributed by atoms with van der Waals surface area (Å²) in [5.41, 5.74) is 1.20. The fraction of sp³-hybridized carbons (Fsp3) is 0.250. The first-order valence-electron chi connectivity index (χ1n) is 5.37. The molecule has 1 aliphatic heterocycles. The number of hydrogen-bond acceptors (Lipinski definition) is 4. The van der Waals surface area contributed by atoms with Crippen molar-refractivity contribution in [1.29, 1.82) is 0 Å². The molecule has 0 unspecified atom stereocenters. The summed E-state index contributed by atoms with van der Waals surface area (Å²) in [4.78, 5) is 35.1. The third kappa shape index (κ3) is 2.32. The third-order valence-corrected chi connectivity index (χ3v) is 2.65. The van der Waals surface area contributed by atoms with Gasteiger partial charge in [0, 0.05) is 0 Å². The highest BCUT2D eigenvalue weighted by Crippen LogP contribution is 2.10. The van der Waals surface area contributed by atoms with Gasteiger partial charge in [-0.15, -0.1) is 0 Å². The minimum Gasteiger partial charge on any atom is -0.465 e. The Bertz CT molecular complexity index is 479. The number of esters is 1. The lowest BCUT2D eigenvalue weighted by Gasteiger charge is -2.12. The van der Waals surface area contributed by atoms with Gasteiger partial charge in [0.2, 0.25) is 5.91 Å². The fourth-order valence-electron chi connectivity index (χ4n) is 1.66. The number of benzene rings is 1. The van der Waals surface area contributed by atoms with Crippen molar-refractivity contribution in [2.24, 2.45) is 0 Å². The summed E-state index contributed by atoms with van der Waals surface area (Å²) in [5.74, 6) is -0.673. The molecule has 6 nitrogen and oxygen atoms in total. The van der Waals surface area contributed by atoms with E-state index in [2.05, 4.69) is 10.1 Å². The van der Waals surface area contributed by atoms with Crippen molar-refractivity contribution < 1.29 is 19.1 Å². The second-order valence-corrected chi connectivity index (χ2v) is 3.83. The number of nitrogens with one attached hydrogen (secondary N) is 1. The smallest absolute Gasteiger partial charge is 0.337 e. The Hall–Kier alpha value is -2.37. The van der Waals surface area contributed by atoms with E-state index in [1.54, 1.807) is 24.3 Å². The van der Waals surface area contributed by atoms with Gasteiger partial charge in [-0.3, -0.25) is 9.69 Å². The Morgan fingerprint density at radius 2 is 2.00 bits per heavy atom. The summed E-state index contributed by atoms with van der Waals surface area (Å²) in [6.07, 6.45) is 0. The van der Waals surface area contributed by atoms with Crippen molar-refractivity contribution in [2.45, 2.75) is 6.54 Å². The second kappa shape index (κ2) is 4.87. The van der Waals surface area contributed by atoms with E-state index in [0.717, 1.165) is 10.5 Å². The van der Waals surface area contributed by atoms with E-state index in [0.29, 0.717) is 5.56 Å². The van der Waals surface area contributed by atoms with Gasteiger partial charge >= 0.3 is 12.0 Å². The summed E-state index contributed by atoms with van der Waals surface area (Å²) in [7, 11) is 1.31. The Morgan fingerprint density at radius 1 is 1.33 bits per heavy atom. The van der Waals surface area contributed by atoms with Gasteiger partial charge in [-0.25, -0.2) is 9.59 Å². The molecular weight excluding hydrogens is 236 g/mol. The normalized spacial score (nSPS) is 14.6. The summed E-state index contributed by atoms with van der Waals surface area (Å²) < 4.78 is 4.58. The molecule has 1 aromatic carbocycles. The molecule has 0 saturated carbocycles. The van der Waals surface area contributed by atoms with Crippen LogP contribution in [0.25, 0.3) is 0 Å². The van der Waals surface area contributed by atoms with Crippen LogP contribution in [-0.2, 0) is 16.1 Å². The maximum absolute atomic E-state index is 11.4. The van der Waals surface area contributed by atoms with Gasteiger partial charge in [-0.1, -0.05) is 12.1 Å². The molecule has 2 rings (SSSR count). The predicted molar refractivity (Wildman–Crippen MR) is 61.7 cm³/mol. The summed E-state index contributed by atoms with van der Waals surface area (Å²) in [6, 6.07) is 6.17. The zero-order valence-corrected chi connectivity index (χ0v) is 9.80. The van der Waals surface area contributed by atoms with E-state index >= 15 is 0 Å². The molecule has 1 aromatic rings. The molecule has 1 N–H and O–H groups in total. The molecule has 0 bridgehead atoms. The zero-order valence-electron chi connectivity index (χ0n) is 9.80. The van der Waals surface area contributed by atoms with Crippen LogP contribution in [0.3, 0.4) is 0 Å².